The molecule has 0 saturated carbocycles. The SMILES string of the molecule is Cc1cccc2[nH]cc(CC(=O)NCC(C)CCO)c12. The summed E-state index contributed by atoms with van der Waals surface area (Å²) in [5.74, 6) is 0.326. The lowest BCUT2D eigenvalue weighted by Crippen LogP contribution is -2.29. The van der Waals surface area contributed by atoms with Crippen molar-refractivity contribution in [1.29, 1.82) is 0 Å². The molecule has 0 saturated heterocycles. The van der Waals surface area contributed by atoms with Gasteiger partial charge >= 0.3 is 0 Å². The zero-order valence-corrected chi connectivity index (χ0v) is 12.1. The molecule has 0 aliphatic heterocycles. The molecule has 3 N–H and O–H groups in total. The third-order valence-electron chi connectivity index (χ3n) is 3.62. The van der Waals surface area contributed by atoms with E-state index in [1.807, 2.05) is 25.3 Å². The van der Waals surface area contributed by atoms with Crippen LogP contribution >= 0.6 is 0 Å². The molecule has 1 aromatic heterocycles. The number of aliphatic hydroxyl groups is 1. The molecular weight excluding hydrogens is 252 g/mol. The van der Waals surface area contributed by atoms with Gasteiger partial charge < -0.3 is 15.4 Å². The number of aliphatic hydroxyl groups excluding tert-OH is 1. The number of carbonyl (C=O) groups excluding carboxylic acids is 1. The van der Waals surface area contributed by atoms with E-state index in [2.05, 4.69) is 23.3 Å². The summed E-state index contributed by atoms with van der Waals surface area (Å²) in [6.45, 7) is 4.85. The van der Waals surface area contributed by atoms with Crippen LogP contribution in [0.25, 0.3) is 10.9 Å². The van der Waals surface area contributed by atoms with Crippen LogP contribution in [0.3, 0.4) is 0 Å². The standard InChI is InChI=1S/C16H22N2O2/c1-11(6-7-19)9-18-15(20)8-13-10-17-14-5-3-4-12(2)16(13)14/h3-5,10-11,17,19H,6-9H2,1-2H3,(H,18,20). The molecule has 0 spiro atoms. The van der Waals surface area contributed by atoms with Crippen molar-refractivity contribution in [1.82, 2.24) is 10.3 Å². The Morgan fingerprint density at radius 2 is 2.25 bits per heavy atom. The number of aryl methyl sites for hydroxylation is 1. The molecule has 20 heavy (non-hydrogen) atoms. The van der Waals surface area contributed by atoms with Gasteiger partial charge in [0.25, 0.3) is 0 Å². The van der Waals surface area contributed by atoms with Crippen molar-refractivity contribution >= 4 is 16.8 Å². The maximum atomic E-state index is 12.0. The lowest BCUT2D eigenvalue weighted by atomic mass is 10.0. The Labute approximate surface area is 119 Å². The number of nitrogens with one attached hydrogen (secondary N) is 2. The topological polar surface area (TPSA) is 65.1 Å². The van der Waals surface area contributed by atoms with Gasteiger partial charge in [0, 0.05) is 30.3 Å². The summed E-state index contributed by atoms with van der Waals surface area (Å²) in [6.07, 6.45) is 3.01. The second-order valence-electron chi connectivity index (χ2n) is 5.41. The van der Waals surface area contributed by atoms with Gasteiger partial charge in [-0.05, 0) is 36.5 Å². The molecule has 4 nitrogen and oxygen atoms in total. The van der Waals surface area contributed by atoms with Crippen molar-refractivity contribution in [3.8, 4) is 0 Å². The zero-order chi connectivity index (χ0) is 14.5. The van der Waals surface area contributed by atoms with E-state index in [4.69, 9.17) is 5.11 Å². The van der Waals surface area contributed by atoms with E-state index < -0.39 is 0 Å². The van der Waals surface area contributed by atoms with Crippen molar-refractivity contribution in [3.63, 3.8) is 0 Å². The number of carbonyl (C=O) groups is 1. The number of hydrogen-bond donors (Lipinski definition) is 3. The van der Waals surface area contributed by atoms with Crippen LogP contribution in [-0.2, 0) is 11.2 Å². The molecule has 2 aromatic rings. The second kappa shape index (κ2) is 6.57. The average molecular weight is 274 g/mol. The normalized spacial score (nSPS) is 12.6. The third-order valence-corrected chi connectivity index (χ3v) is 3.62. The molecule has 108 valence electrons. The lowest BCUT2D eigenvalue weighted by molar-refractivity contribution is -0.120. The Balaban J connectivity index is 2.00. The molecule has 1 aromatic carbocycles. The molecular formula is C16H22N2O2. The van der Waals surface area contributed by atoms with Gasteiger partial charge in [-0.2, -0.15) is 0 Å². The first-order valence-corrected chi connectivity index (χ1v) is 7.05. The Bertz CT molecular complexity index is 589. The van der Waals surface area contributed by atoms with E-state index in [0.29, 0.717) is 25.3 Å². The van der Waals surface area contributed by atoms with Crippen molar-refractivity contribution in [2.45, 2.75) is 26.7 Å². The number of aromatic nitrogens is 1. The van der Waals surface area contributed by atoms with E-state index in [-0.39, 0.29) is 12.5 Å². The Hall–Kier alpha value is -1.81. The van der Waals surface area contributed by atoms with E-state index in [0.717, 1.165) is 16.5 Å². The molecule has 1 atom stereocenters. The monoisotopic (exact) mass is 274 g/mol. The number of fused-ring (bicyclic) bond motifs is 1. The minimum absolute atomic E-state index is 0.0268. The lowest BCUT2D eigenvalue weighted by Gasteiger charge is -2.11. The second-order valence-corrected chi connectivity index (χ2v) is 5.41. The minimum atomic E-state index is 0.0268. The summed E-state index contributed by atoms with van der Waals surface area (Å²) in [4.78, 5) is 15.2. The molecule has 0 radical (unpaired) electrons. The summed E-state index contributed by atoms with van der Waals surface area (Å²) in [7, 11) is 0. The zero-order valence-electron chi connectivity index (χ0n) is 12.1. The van der Waals surface area contributed by atoms with Crippen LogP contribution in [0.5, 0.6) is 0 Å². The Morgan fingerprint density at radius 3 is 3.00 bits per heavy atom. The molecule has 0 aliphatic carbocycles. The fraction of sp³-hybridized carbons (Fsp3) is 0.438. The third kappa shape index (κ3) is 3.39. The first-order chi connectivity index (χ1) is 9.61. The quantitative estimate of drug-likeness (QED) is 0.755. The molecule has 4 heteroatoms. The van der Waals surface area contributed by atoms with Gasteiger partial charge in [0.05, 0.1) is 6.42 Å². The van der Waals surface area contributed by atoms with Crippen LogP contribution in [0.1, 0.15) is 24.5 Å². The van der Waals surface area contributed by atoms with Gasteiger partial charge in [0.1, 0.15) is 0 Å². The summed E-state index contributed by atoms with van der Waals surface area (Å²) in [5, 5.41) is 12.9. The smallest absolute Gasteiger partial charge is 0.224 e. The summed E-state index contributed by atoms with van der Waals surface area (Å²) >= 11 is 0. The minimum Gasteiger partial charge on any atom is -0.396 e. The van der Waals surface area contributed by atoms with Crippen LogP contribution in [0.2, 0.25) is 0 Å². The fourth-order valence-electron chi connectivity index (χ4n) is 2.44. The van der Waals surface area contributed by atoms with Gasteiger partial charge in [0.15, 0.2) is 0 Å². The van der Waals surface area contributed by atoms with Gasteiger partial charge in [0.2, 0.25) is 5.91 Å². The summed E-state index contributed by atoms with van der Waals surface area (Å²) in [5.41, 5.74) is 3.28. The largest absolute Gasteiger partial charge is 0.396 e. The maximum Gasteiger partial charge on any atom is 0.224 e. The van der Waals surface area contributed by atoms with Crippen molar-refractivity contribution < 1.29 is 9.90 Å². The van der Waals surface area contributed by atoms with Crippen molar-refractivity contribution in [2.75, 3.05) is 13.2 Å². The highest BCUT2D eigenvalue weighted by Gasteiger charge is 2.11. The molecule has 1 unspecified atom stereocenters. The number of amides is 1. The van der Waals surface area contributed by atoms with E-state index in [9.17, 15) is 4.79 Å². The number of aromatic amines is 1. The number of benzene rings is 1. The summed E-state index contributed by atoms with van der Waals surface area (Å²) in [6, 6.07) is 6.09. The van der Waals surface area contributed by atoms with Crippen LogP contribution in [0.15, 0.2) is 24.4 Å². The van der Waals surface area contributed by atoms with E-state index in [1.54, 1.807) is 0 Å². The first-order valence-electron chi connectivity index (χ1n) is 7.05. The Morgan fingerprint density at radius 1 is 1.45 bits per heavy atom. The van der Waals surface area contributed by atoms with Crippen molar-refractivity contribution in [2.24, 2.45) is 5.92 Å². The molecule has 2 rings (SSSR count). The van der Waals surface area contributed by atoms with Gasteiger partial charge in [-0.15, -0.1) is 0 Å². The van der Waals surface area contributed by atoms with Gasteiger partial charge in [-0.1, -0.05) is 19.1 Å². The summed E-state index contributed by atoms with van der Waals surface area (Å²) < 4.78 is 0. The number of hydrogen-bond acceptors (Lipinski definition) is 2. The first kappa shape index (κ1) is 14.6. The number of H-pyrrole nitrogens is 1. The fourth-order valence-corrected chi connectivity index (χ4v) is 2.44. The van der Waals surface area contributed by atoms with Gasteiger partial charge in [-0.3, -0.25) is 4.79 Å². The highest BCUT2D eigenvalue weighted by Crippen LogP contribution is 2.22. The molecule has 0 bridgehead atoms. The highest BCUT2D eigenvalue weighted by atomic mass is 16.3. The molecule has 1 amide bonds. The van der Waals surface area contributed by atoms with Crippen LogP contribution in [0.4, 0.5) is 0 Å². The van der Waals surface area contributed by atoms with Crippen molar-refractivity contribution in [3.05, 3.63) is 35.5 Å². The van der Waals surface area contributed by atoms with Crippen LogP contribution < -0.4 is 5.32 Å². The number of rotatable bonds is 6. The van der Waals surface area contributed by atoms with Gasteiger partial charge in [-0.25, -0.2) is 0 Å². The molecule has 0 fully saturated rings. The van der Waals surface area contributed by atoms with Crippen LogP contribution in [0, 0.1) is 12.8 Å². The van der Waals surface area contributed by atoms with E-state index >= 15 is 0 Å². The van der Waals surface area contributed by atoms with Crippen LogP contribution in [-0.4, -0.2) is 29.1 Å². The molecule has 1 heterocycles. The van der Waals surface area contributed by atoms with E-state index in [1.165, 1.54) is 5.56 Å². The predicted octanol–water partition coefficient (Wildman–Crippen LogP) is 2.15. The predicted molar refractivity (Wildman–Crippen MR) is 80.6 cm³/mol. The average Bonchev–Trinajstić information content (AvgIpc) is 2.81. The molecule has 0 aliphatic rings. The Kier molecular flexibility index (Phi) is 4.79. The highest BCUT2D eigenvalue weighted by molar-refractivity contribution is 5.90. The maximum absolute atomic E-state index is 12.0.